The van der Waals surface area contributed by atoms with Gasteiger partial charge >= 0.3 is 0 Å². The van der Waals surface area contributed by atoms with Crippen molar-refractivity contribution in [2.24, 2.45) is 5.92 Å². The van der Waals surface area contributed by atoms with Crippen LogP contribution in [0.4, 0.5) is 0 Å². The van der Waals surface area contributed by atoms with E-state index in [0.717, 1.165) is 31.8 Å². The van der Waals surface area contributed by atoms with E-state index >= 15 is 0 Å². The zero-order chi connectivity index (χ0) is 13.7. The molecule has 3 nitrogen and oxygen atoms in total. The Morgan fingerprint density at radius 2 is 2.32 bits per heavy atom. The van der Waals surface area contributed by atoms with Crippen molar-refractivity contribution in [1.82, 2.24) is 15.1 Å². The molecule has 2 heterocycles. The van der Waals surface area contributed by atoms with Gasteiger partial charge in [0, 0.05) is 24.7 Å². The van der Waals surface area contributed by atoms with E-state index in [1.807, 2.05) is 0 Å². The highest BCUT2D eigenvalue weighted by Crippen LogP contribution is 2.28. The lowest BCUT2D eigenvalue weighted by Gasteiger charge is -2.24. The third-order valence-corrected chi connectivity index (χ3v) is 5.19. The molecule has 0 amide bonds. The molecule has 1 aromatic rings. The molecule has 1 aliphatic heterocycles. The average Bonchev–Trinajstić information content (AvgIpc) is 3.07. The molecule has 19 heavy (non-hydrogen) atoms. The molecule has 0 aromatic carbocycles. The second-order valence-corrected chi connectivity index (χ2v) is 6.44. The Bertz CT molecular complexity index is 383. The van der Waals surface area contributed by atoms with Gasteiger partial charge in [-0.05, 0) is 49.8 Å². The first-order valence-corrected chi connectivity index (χ1v) is 8.80. The van der Waals surface area contributed by atoms with Crippen molar-refractivity contribution >= 4 is 11.8 Å². The molecule has 4 heteroatoms. The molecule has 0 aliphatic carbocycles. The van der Waals surface area contributed by atoms with Crippen molar-refractivity contribution in [2.45, 2.75) is 52.6 Å². The predicted molar refractivity (Wildman–Crippen MR) is 83.9 cm³/mol. The highest BCUT2D eigenvalue weighted by molar-refractivity contribution is 7.99. The maximum atomic E-state index is 4.67. The quantitative estimate of drug-likeness (QED) is 0.833. The van der Waals surface area contributed by atoms with Gasteiger partial charge in [-0.25, -0.2) is 0 Å². The number of hydrogen-bond acceptors (Lipinski definition) is 3. The maximum Gasteiger partial charge on any atom is 0.0624 e. The van der Waals surface area contributed by atoms with E-state index in [1.54, 1.807) is 0 Å². The summed E-state index contributed by atoms with van der Waals surface area (Å²) in [5.41, 5.74) is 2.63. The van der Waals surface area contributed by atoms with E-state index < -0.39 is 0 Å². The van der Waals surface area contributed by atoms with Gasteiger partial charge in [0.25, 0.3) is 0 Å². The molecule has 2 rings (SSSR count). The van der Waals surface area contributed by atoms with Gasteiger partial charge in [-0.2, -0.15) is 16.9 Å². The molecule has 0 saturated carbocycles. The van der Waals surface area contributed by atoms with E-state index in [-0.39, 0.29) is 0 Å². The number of rotatable bonds is 7. The van der Waals surface area contributed by atoms with Gasteiger partial charge in [-0.3, -0.25) is 4.68 Å². The Morgan fingerprint density at radius 3 is 2.89 bits per heavy atom. The van der Waals surface area contributed by atoms with Crippen molar-refractivity contribution in [2.75, 3.05) is 18.1 Å². The van der Waals surface area contributed by atoms with Crippen LogP contribution in [0.5, 0.6) is 0 Å². The molecule has 1 aliphatic rings. The summed E-state index contributed by atoms with van der Waals surface area (Å²) in [6.07, 6.45) is 3.52. The summed E-state index contributed by atoms with van der Waals surface area (Å²) in [6, 6.07) is 2.92. The molecule has 2 unspecified atom stereocenters. The predicted octanol–water partition coefficient (Wildman–Crippen LogP) is 2.74. The molecule has 0 bridgehead atoms. The van der Waals surface area contributed by atoms with E-state index in [0.29, 0.717) is 6.04 Å². The van der Waals surface area contributed by atoms with E-state index in [2.05, 4.69) is 53.7 Å². The van der Waals surface area contributed by atoms with Crippen LogP contribution in [0.3, 0.4) is 0 Å². The number of hydrogen-bond donors (Lipinski definition) is 1. The van der Waals surface area contributed by atoms with Gasteiger partial charge in [0.05, 0.1) is 5.69 Å². The van der Waals surface area contributed by atoms with E-state index in [4.69, 9.17) is 0 Å². The minimum absolute atomic E-state index is 0.617. The number of likely N-dealkylation sites (N-methyl/N-ethyl adjacent to an activating group) is 1. The Kier molecular flexibility index (Phi) is 5.76. The molecule has 0 radical (unpaired) electrons. The van der Waals surface area contributed by atoms with Crippen LogP contribution >= 0.6 is 11.8 Å². The highest BCUT2D eigenvalue weighted by atomic mass is 32.2. The van der Waals surface area contributed by atoms with Crippen LogP contribution < -0.4 is 5.32 Å². The molecule has 0 spiro atoms. The minimum atomic E-state index is 0.617. The Balaban J connectivity index is 2.08. The monoisotopic (exact) mass is 281 g/mol. The number of nitrogens with one attached hydrogen (secondary N) is 1. The first-order valence-electron chi connectivity index (χ1n) is 7.65. The van der Waals surface area contributed by atoms with Crippen molar-refractivity contribution < 1.29 is 0 Å². The molecule has 1 N–H and O–H groups in total. The normalized spacial score (nSPS) is 20.9. The fraction of sp³-hybridized carbons (Fsp3) is 0.800. The molecule has 108 valence electrons. The molecule has 1 aromatic heterocycles. The Hall–Kier alpha value is -0.480. The molecule has 2 atom stereocenters. The number of aryl methyl sites for hydroxylation is 2. The summed E-state index contributed by atoms with van der Waals surface area (Å²) < 4.78 is 2.19. The summed E-state index contributed by atoms with van der Waals surface area (Å²) in [5, 5.41) is 8.37. The zero-order valence-electron chi connectivity index (χ0n) is 12.5. The number of aromatic nitrogens is 2. The Morgan fingerprint density at radius 1 is 1.47 bits per heavy atom. The third-order valence-electron chi connectivity index (χ3n) is 4.00. The standard InChI is InChI=1S/C15H27N3S/c1-4-13-9-14(18(6-3)17-13)10-15(16-5-2)12-7-8-19-11-12/h9,12,15-16H,4-8,10-11H2,1-3H3. The van der Waals surface area contributed by atoms with Crippen molar-refractivity contribution in [3.8, 4) is 0 Å². The first kappa shape index (κ1) is 14.9. The van der Waals surface area contributed by atoms with Crippen LogP contribution in [0, 0.1) is 5.92 Å². The lowest BCUT2D eigenvalue weighted by molar-refractivity contribution is 0.378. The summed E-state index contributed by atoms with van der Waals surface area (Å²) in [7, 11) is 0. The molecular formula is C15H27N3S. The summed E-state index contributed by atoms with van der Waals surface area (Å²) >= 11 is 2.10. The van der Waals surface area contributed by atoms with E-state index in [1.165, 1.54) is 29.3 Å². The topological polar surface area (TPSA) is 29.9 Å². The molecule has 1 fully saturated rings. The van der Waals surface area contributed by atoms with Gasteiger partial charge in [0.15, 0.2) is 0 Å². The number of nitrogens with zero attached hydrogens (tertiary/aromatic N) is 2. The van der Waals surface area contributed by atoms with Crippen LogP contribution in [0.1, 0.15) is 38.6 Å². The second-order valence-electron chi connectivity index (χ2n) is 5.29. The fourth-order valence-corrected chi connectivity index (χ4v) is 4.23. The summed E-state index contributed by atoms with van der Waals surface area (Å²) in [4.78, 5) is 0. The third kappa shape index (κ3) is 3.76. The van der Waals surface area contributed by atoms with Crippen molar-refractivity contribution in [1.29, 1.82) is 0 Å². The minimum Gasteiger partial charge on any atom is -0.314 e. The highest BCUT2D eigenvalue weighted by Gasteiger charge is 2.26. The second kappa shape index (κ2) is 7.34. The van der Waals surface area contributed by atoms with Crippen LogP contribution in [0.25, 0.3) is 0 Å². The summed E-state index contributed by atoms with van der Waals surface area (Å²) in [6.45, 7) is 8.62. The number of thioether (sulfide) groups is 1. The van der Waals surface area contributed by atoms with Crippen molar-refractivity contribution in [3.63, 3.8) is 0 Å². The molecule has 1 saturated heterocycles. The largest absolute Gasteiger partial charge is 0.314 e. The van der Waals surface area contributed by atoms with Gasteiger partial charge < -0.3 is 5.32 Å². The van der Waals surface area contributed by atoms with Gasteiger partial charge in [0.1, 0.15) is 0 Å². The van der Waals surface area contributed by atoms with Crippen LogP contribution in [0.15, 0.2) is 6.07 Å². The lowest BCUT2D eigenvalue weighted by atomic mass is 9.94. The summed E-state index contributed by atoms with van der Waals surface area (Å²) in [5.74, 6) is 3.48. The smallest absolute Gasteiger partial charge is 0.0624 e. The van der Waals surface area contributed by atoms with E-state index in [9.17, 15) is 0 Å². The lowest BCUT2D eigenvalue weighted by Crippen LogP contribution is -2.38. The SMILES string of the molecule is CCNC(Cc1cc(CC)nn1CC)C1CCSC1. The van der Waals surface area contributed by atoms with Gasteiger partial charge in [-0.15, -0.1) is 0 Å². The van der Waals surface area contributed by atoms with Crippen LogP contribution in [0.2, 0.25) is 0 Å². The van der Waals surface area contributed by atoms with Gasteiger partial charge in [-0.1, -0.05) is 13.8 Å². The van der Waals surface area contributed by atoms with Gasteiger partial charge in [0.2, 0.25) is 0 Å². The average molecular weight is 281 g/mol. The first-order chi connectivity index (χ1) is 9.28. The van der Waals surface area contributed by atoms with Crippen molar-refractivity contribution in [3.05, 3.63) is 17.5 Å². The molecular weight excluding hydrogens is 254 g/mol. The van der Waals surface area contributed by atoms with Crippen LogP contribution in [-0.4, -0.2) is 33.9 Å². The fourth-order valence-electron chi connectivity index (χ4n) is 2.89. The van der Waals surface area contributed by atoms with Crippen LogP contribution in [-0.2, 0) is 19.4 Å². The Labute approximate surface area is 121 Å². The zero-order valence-corrected chi connectivity index (χ0v) is 13.3. The maximum absolute atomic E-state index is 4.67.